The molecule has 1 aromatic rings. The van der Waals surface area contributed by atoms with Crippen molar-refractivity contribution in [2.24, 2.45) is 5.92 Å². The van der Waals surface area contributed by atoms with Gasteiger partial charge < -0.3 is 5.32 Å². The molecule has 0 spiro atoms. The number of carbonyl (C=O) groups is 1. The van der Waals surface area contributed by atoms with Gasteiger partial charge in [0.15, 0.2) is 0 Å². The maximum absolute atomic E-state index is 11.5. The monoisotopic (exact) mass is 256 g/mol. The third-order valence-electron chi connectivity index (χ3n) is 2.12. The van der Waals surface area contributed by atoms with Gasteiger partial charge in [0.2, 0.25) is 5.91 Å². The first-order valence-corrected chi connectivity index (χ1v) is 5.38. The number of anilines is 1. The second kappa shape index (κ2) is 5.20. The third kappa shape index (κ3) is 2.66. The van der Waals surface area contributed by atoms with E-state index in [0.717, 1.165) is 5.56 Å². The molecule has 1 aromatic carbocycles. The number of hydrogen-bond acceptors (Lipinski definition) is 2. The van der Waals surface area contributed by atoms with E-state index < -0.39 is 11.8 Å². The van der Waals surface area contributed by atoms with Gasteiger partial charge in [-0.1, -0.05) is 29.3 Å². The zero-order valence-corrected chi connectivity index (χ0v) is 10.4. The lowest BCUT2D eigenvalue weighted by Crippen LogP contribution is -2.19. The Morgan fingerprint density at radius 1 is 1.50 bits per heavy atom. The molecule has 0 aromatic heterocycles. The Labute approximate surface area is 104 Å². The minimum Gasteiger partial charge on any atom is -0.322 e. The highest BCUT2D eigenvalue weighted by molar-refractivity contribution is 6.40. The lowest BCUT2D eigenvalue weighted by Gasteiger charge is -2.11. The number of rotatable bonds is 2. The predicted molar refractivity (Wildman–Crippen MR) is 64.6 cm³/mol. The van der Waals surface area contributed by atoms with Crippen molar-refractivity contribution in [1.82, 2.24) is 0 Å². The van der Waals surface area contributed by atoms with Gasteiger partial charge in [-0.15, -0.1) is 0 Å². The zero-order chi connectivity index (χ0) is 12.3. The molecule has 0 radical (unpaired) electrons. The van der Waals surface area contributed by atoms with E-state index in [1.807, 2.05) is 13.0 Å². The third-order valence-corrected chi connectivity index (χ3v) is 2.92. The summed E-state index contributed by atoms with van der Waals surface area (Å²) in [6.45, 7) is 3.31. The fourth-order valence-electron chi connectivity index (χ4n) is 1.06. The van der Waals surface area contributed by atoms with E-state index in [-0.39, 0.29) is 0 Å². The summed E-state index contributed by atoms with van der Waals surface area (Å²) < 4.78 is 0. The lowest BCUT2D eigenvalue weighted by molar-refractivity contribution is -0.117. The summed E-state index contributed by atoms with van der Waals surface area (Å²) >= 11 is 11.9. The van der Waals surface area contributed by atoms with Crippen molar-refractivity contribution in [1.29, 1.82) is 5.26 Å². The van der Waals surface area contributed by atoms with Gasteiger partial charge in [-0.3, -0.25) is 4.79 Å². The molecular formula is C11H10Cl2N2O. The van der Waals surface area contributed by atoms with Gasteiger partial charge in [-0.2, -0.15) is 5.26 Å². The second-order valence-corrected chi connectivity index (χ2v) is 4.18. The zero-order valence-electron chi connectivity index (χ0n) is 8.84. The molecule has 0 saturated heterocycles. The van der Waals surface area contributed by atoms with Crippen LogP contribution in [-0.4, -0.2) is 5.91 Å². The molecule has 0 saturated carbocycles. The van der Waals surface area contributed by atoms with Crippen LogP contribution in [0.1, 0.15) is 12.5 Å². The molecule has 0 fully saturated rings. The molecule has 16 heavy (non-hydrogen) atoms. The molecule has 0 bridgehead atoms. The molecule has 0 aliphatic heterocycles. The Morgan fingerprint density at radius 2 is 2.12 bits per heavy atom. The number of aryl methyl sites for hydroxylation is 1. The standard InChI is InChI=1S/C11H10Cl2N2O/c1-6-3-4-8(12)10(9(6)13)15-11(16)7(2)5-14/h3-4,7H,1-2H3,(H,15,16). The Bertz CT molecular complexity index is 466. The van der Waals surface area contributed by atoms with Crippen molar-refractivity contribution < 1.29 is 4.79 Å². The quantitative estimate of drug-likeness (QED) is 0.882. The van der Waals surface area contributed by atoms with Gasteiger partial charge >= 0.3 is 0 Å². The van der Waals surface area contributed by atoms with Gasteiger partial charge in [0.05, 0.1) is 21.8 Å². The molecule has 1 unspecified atom stereocenters. The van der Waals surface area contributed by atoms with E-state index in [4.69, 9.17) is 28.5 Å². The minimum absolute atomic E-state index is 0.356. The number of carbonyl (C=O) groups excluding carboxylic acids is 1. The molecule has 1 amide bonds. The second-order valence-electron chi connectivity index (χ2n) is 3.39. The fourth-order valence-corrected chi connectivity index (χ4v) is 1.53. The van der Waals surface area contributed by atoms with Gasteiger partial charge in [0.25, 0.3) is 0 Å². The summed E-state index contributed by atoms with van der Waals surface area (Å²) in [5, 5.41) is 11.9. The number of nitrogens with one attached hydrogen (secondary N) is 1. The fraction of sp³-hybridized carbons (Fsp3) is 0.273. The van der Waals surface area contributed by atoms with Crippen LogP contribution in [0.5, 0.6) is 0 Å². The van der Waals surface area contributed by atoms with E-state index in [0.29, 0.717) is 15.7 Å². The Balaban J connectivity index is 3.03. The van der Waals surface area contributed by atoms with Crippen molar-refractivity contribution in [3.8, 4) is 6.07 Å². The van der Waals surface area contributed by atoms with E-state index in [2.05, 4.69) is 5.32 Å². The maximum Gasteiger partial charge on any atom is 0.241 e. The largest absolute Gasteiger partial charge is 0.322 e. The molecule has 84 valence electrons. The van der Waals surface area contributed by atoms with Crippen molar-refractivity contribution >= 4 is 34.8 Å². The van der Waals surface area contributed by atoms with Gasteiger partial charge in [-0.25, -0.2) is 0 Å². The van der Waals surface area contributed by atoms with Gasteiger partial charge in [0.1, 0.15) is 5.92 Å². The molecule has 0 aliphatic carbocycles. The van der Waals surface area contributed by atoms with Crippen LogP contribution >= 0.6 is 23.2 Å². The van der Waals surface area contributed by atoms with E-state index in [9.17, 15) is 4.79 Å². The summed E-state index contributed by atoms with van der Waals surface area (Å²) in [6, 6.07) is 5.25. The van der Waals surface area contributed by atoms with Crippen molar-refractivity contribution in [2.45, 2.75) is 13.8 Å². The molecule has 5 heteroatoms. The topological polar surface area (TPSA) is 52.9 Å². The van der Waals surface area contributed by atoms with Crippen LogP contribution in [-0.2, 0) is 4.79 Å². The smallest absolute Gasteiger partial charge is 0.241 e. The van der Waals surface area contributed by atoms with Crippen LogP contribution in [0.15, 0.2) is 12.1 Å². The van der Waals surface area contributed by atoms with Crippen LogP contribution in [0, 0.1) is 24.2 Å². The predicted octanol–water partition coefficient (Wildman–Crippen LogP) is 3.40. The van der Waals surface area contributed by atoms with Crippen LogP contribution < -0.4 is 5.32 Å². The summed E-state index contributed by atoms with van der Waals surface area (Å²) in [6.07, 6.45) is 0. The van der Waals surface area contributed by atoms with Crippen LogP contribution in [0.25, 0.3) is 0 Å². The van der Waals surface area contributed by atoms with Crippen LogP contribution in [0.3, 0.4) is 0 Å². The molecule has 0 aliphatic rings. The number of amides is 1. The number of hydrogen-bond donors (Lipinski definition) is 1. The van der Waals surface area contributed by atoms with E-state index >= 15 is 0 Å². The van der Waals surface area contributed by atoms with Gasteiger partial charge in [0, 0.05) is 0 Å². The summed E-state index contributed by atoms with van der Waals surface area (Å²) in [4.78, 5) is 11.5. The van der Waals surface area contributed by atoms with E-state index in [1.165, 1.54) is 6.92 Å². The summed E-state index contributed by atoms with van der Waals surface area (Å²) in [7, 11) is 0. The number of benzene rings is 1. The first kappa shape index (κ1) is 12.8. The molecule has 1 N–H and O–H groups in total. The molecule has 1 atom stereocenters. The first-order chi connectivity index (χ1) is 7.47. The molecule has 0 heterocycles. The van der Waals surface area contributed by atoms with Crippen LogP contribution in [0.2, 0.25) is 10.0 Å². The normalized spacial score (nSPS) is 11.7. The minimum atomic E-state index is -0.743. The average Bonchev–Trinajstić information content (AvgIpc) is 2.28. The van der Waals surface area contributed by atoms with E-state index in [1.54, 1.807) is 12.1 Å². The lowest BCUT2D eigenvalue weighted by atomic mass is 10.1. The molecular weight excluding hydrogens is 247 g/mol. The number of halogens is 2. The Kier molecular flexibility index (Phi) is 4.17. The van der Waals surface area contributed by atoms with Crippen molar-refractivity contribution in [3.05, 3.63) is 27.7 Å². The number of nitrogens with zero attached hydrogens (tertiary/aromatic N) is 1. The molecule has 1 rings (SSSR count). The average molecular weight is 257 g/mol. The highest BCUT2D eigenvalue weighted by Crippen LogP contribution is 2.33. The van der Waals surface area contributed by atoms with Crippen molar-refractivity contribution in [2.75, 3.05) is 5.32 Å². The SMILES string of the molecule is Cc1ccc(Cl)c(NC(=O)C(C)C#N)c1Cl. The summed E-state index contributed by atoms with van der Waals surface area (Å²) in [5.41, 5.74) is 1.17. The highest BCUT2D eigenvalue weighted by Gasteiger charge is 2.16. The Morgan fingerprint density at radius 3 is 2.69 bits per heavy atom. The first-order valence-electron chi connectivity index (χ1n) is 4.62. The number of nitriles is 1. The highest BCUT2D eigenvalue weighted by atomic mass is 35.5. The molecule has 3 nitrogen and oxygen atoms in total. The van der Waals surface area contributed by atoms with Gasteiger partial charge in [-0.05, 0) is 25.5 Å². The summed E-state index contributed by atoms with van der Waals surface area (Å²) in [5.74, 6) is -1.16. The van der Waals surface area contributed by atoms with Crippen LogP contribution in [0.4, 0.5) is 5.69 Å². The maximum atomic E-state index is 11.5. The van der Waals surface area contributed by atoms with Crippen molar-refractivity contribution in [3.63, 3.8) is 0 Å². The Hall–Kier alpha value is -1.24.